The second-order valence-electron chi connectivity index (χ2n) is 4.23. The molecule has 0 fully saturated rings. The molecule has 0 amide bonds. The van der Waals surface area contributed by atoms with Crippen LogP contribution in [0.15, 0.2) is 29.3 Å². The van der Waals surface area contributed by atoms with Crippen molar-refractivity contribution in [2.24, 2.45) is 10.9 Å². The van der Waals surface area contributed by atoms with Gasteiger partial charge in [-0.15, -0.1) is 0 Å². The smallest absolute Gasteiger partial charge is 0.156 e. The van der Waals surface area contributed by atoms with Crippen molar-refractivity contribution in [2.45, 2.75) is 13.5 Å². The van der Waals surface area contributed by atoms with Gasteiger partial charge >= 0.3 is 0 Å². The van der Waals surface area contributed by atoms with Crippen molar-refractivity contribution in [3.8, 4) is 6.07 Å². The highest BCUT2D eigenvalue weighted by molar-refractivity contribution is 8.13. The monoisotopic (exact) mass is 245 g/mol. The van der Waals surface area contributed by atoms with Crippen molar-refractivity contribution in [3.05, 3.63) is 35.4 Å². The van der Waals surface area contributed by atoms with E-state index in [1.165, 1.54) is 0 Å². The molecule has 0 saturated heterocycles. The Morgan fingerprint density at radius 2 is 2.47 bits per heavy atom. The molecule has 1 aliphatic heterocycles. The van der Waals surface area contributed by atoms with Crippen LogP contribution in [0.25, 0.3) is 0 Å². The molecule has 0 aromatic heterocycles. The Bertz CT molecular complexity index is 462. The number of hydrogen-bond donors (Lipinski definition) is 1. The van der Waals surface area contributed by atoms with Gasteiger partial charge in [-0.25, -0.2) is 0 Å². The number of nitriles is 1. The van der Waals surface area contributed by atoms with Gasteiger partial charge in [-0.2, -0.15) is 5.26 Å². The van der Waals surface area contributed by atoms with Gasteiger partial charge in [0.2, 0.25) is 0 Å². The van der Waals surface area contributed by atoms with Crippen LogP contribution in [-0.2, 0) is 6.54 Å². The minimum atomic E-state index is 0.674. The highest BCUT2D eigenvalue weighted by atomic mass is 32.2. The molecule has 4 heteroatoms. The molecule has 1 aromatic rings. The number of amidine groups is 1. The van der Waals surface area contributed by atoms with Crippen molar-refractivity contribution < 1.29 is 0 Å². The van der Waals surface area contributed by atoms with Gasteiger partial charge in [0, 0.05) is 18.8 Å². The molecular formula is C13H15N3S. The number of rotatable bonds is 2. The first-order valence-electron chi connectivity index (χ1n) is 5.68. The van der Waals surface area contributed by atoms with Crippen LogP contribution < -0.4 is 5.32 Å². The SMILES string of the molecule is CC1CN=C(NCc2cccc(C#N)c2)SC1. The molecule has 0 saturated carbocycles. The predicted molar refractivity (Wildman–Crippen MR) is 71.9 cm³/mol. The molecule has 2 rings (SSSR count). The zero-order valence-electron chi connectivity index (χ0n) is 9.81. The number of aliphatic imine (C=N–C) groups is 1. The summed E-state index contributed by atoms with van der Waals surface area (Å²) >= 11 is 1.77. The molecule has 1 N–H and O–H groups in total. The van der Waals surface area contributed by atoms with Gasteiger partial charge in [0.05, 0.1) is 11.6 Å². The topological polar surface area (TPSA) is 48.2 Å². The number of benzene rings is 1. The van der Waals surface area contributed by atoms with Gasteiger partial charge in [0.25, 0.3) is 0 Å². The van der Waals surface area contributed by atoms with Gasteiger partial charge in [0.15, 0.2) is 5.17 Å². The summed E-state index contributed by atoms with van der Waals surface area (Å²) in [5.74, 6) is 1.80. The van der Waals surface area contributed by atoms with Crippen molar-refractivity contribution in [1.82, 2.24) is 5.32 Å². The molecule has 1 aromatic carbocycles. The first-order valence-corrected chi connectivity index (χ1v) is 6.66. The quantitative estimate of drug-likeness (QED) is 0.870. The lowest BCUT2D eigenvalue weighted by Gasteiger charge is -2.17. The van der Waals surface area contributed by atoms with Gasteiger partial charge < -0.3 is 5.32 Å². The third-order valence-electron chi connectivity index (χ3n) is 2.55. The highest BCUT2D eigenvalue weighted by Crippen LogP contribution is 2.16. The fourth-order valence-electron chi connectivity index (χ4n) is 1.59. The fraction of sp³-hybridized carbons (Fsp3) is 0.385. The summed E-state index contributed by atoms with van der Waals surface area (Å²) in [6.45, 7) is 3.85. The van der Waals surface area contributed by atoms with Crippen LogP contribution >= 0.6 is 11.8 Å². The van der Waals surface area contributed by atoms with Gasteiger partial charge in [0.1, 0.15) is 0 Å². The first-order chi connectivity index (χ1) is 8.28. The minimum absolute atomic E-state index is 0.674. The molecule has 0 spiro atoms. The zero-order chi connectivity index (χ0) is 12.1. The molecule has 1 unspecified atom stereocenters. The third kappa shape index (κ3) is 3.50. The number of thioether (sulfide) groups is 1. The zero-order valence-corrected chi connectivity index (χ0v) is 10.6. The standard InChI is InChI=1S/C13H15N3S/c1-10-7-15-13(17-9-10)16-8-12-4-2-3-11(5-12)6-14/h2-5,10H,7-9H2,1H3,(H,15,16). The van der Waals surface area contributed by atoms with Gasteiger partial charge in [-0.3, -0.25) is 4.99 Å². The summed E-state index contributed by atoms with van der Waals surface area (Å²) in [7, 11) is 0. The van der Waals surface area contributed by atoms with Crippen molar-refractivity contribution in [1.29, 1.82) is 5.26 Å². The second kappa shape index (κ2) is 5.74. The molecule has 17 heavy (non-hydrogen) atoms. The normalized spacial score (nSPS) is 19.3. The lowest BCUT2D eigenvalue weighted by molar-refractivity contribution is 0.669. The van der Waals surface area contributed by atoms with Crippen LogP contribution in [0.4, 0.5) is 0 Å². The van der Waals surface area contributed by atoms with E-state index in [4.69, 9.17) is 5.26 Å². The van der Waals surface area contributed by atoms with E-state index >= 15 is 0 Å². The molecule has 0 radical (unpaired) electrons. The van der Waals surface area contributed by atoms with Crippen LogP contribution in [0.3, 0.4) is 0 Å². The van der Waals surface area contributed by atoms with Crippen LogP contribution in [0.5, 0.6) is 0 Å². The molecule has 1 atom stereocenters. The second-order valence-corrected chi connectivity index (χ2v) is 5.24. The molecule has 0 bridgehead atoms. The van der Waals surface area contributed by atoms with Gasteiger partial charge in [-0.1, -0.05) is 30.8 Å². The Morgan fingerprint density at radius 3 is 3.18 bits per heavy atom. The first kappa shape index (κ1) is 12.0. The molecule has 88 valence electrons. The average molecular weight is 245 g/mol. The Hall–Kier alpha value is -1.47. The summed E-state index contributed by atoms with van der Waals surface area (Å²) in [6, 6.07) is 9.80. The summed E-state index contributed by atoms with van der Waals surface area (Å²) in [5.41, 5.74) is 1.82. The molecule has 0 aliphatic carbocycles. The largest absolute Gasteiger partial charge is 0.361 e. The van der Waals surface area contributed by atoms with Crippen molar-refractivity contribution in [3.63, 3.8) is 0 Å². The highest BCUT2D eigenvalue weighted by Gasteiger charge is 2.11. The average Bonchev–Trinajstić information content (AvgIpc) is 2.38. The van der Waals surface area contributed by atoms with Gasteiger partial charge in [-0.05, 0) is 23.6 Å². The van der Waals surface area contributed by atoms with Crippen LogP contribution in [0.1, 0.15) is 18.1 Å². The van der Waals surface area contributed by atoms with E-state index in [2.05, 4.69) is 23.3 Å². The predicted octanol–water partition coefficient (Wildman–Crippen LogP) is 2.39. The Kier molecular flexibility index (Phi) is 4.05. The lowest BCUT2D eigenvalue weighted by Crippen LogP contribution is -2.25. The maximum atomic E-state index is 8.81. The number of nitrogens with one attached hydrogen (secondary N) is 1. The Morgan fingerprint density at radius 1 is 1.59 bits per heavy atom. The van der Waals surface area contributed by atoms with E-state index < -0.39 is 0 Å². The summed E-state index contributed by atoms with van der Waals surface area (Å²) in [6.07, 6.45) is 0. The van der Waals surface area contributed by atoms with Crippen LogP contribution in [0, 0.1) is 17.2 Å². The fourth-order valence-corrected chi connectivity index (χ4v) is 2.48. The minimum Gasteiger partial charge on any atom is -0.361 e. The maximum absolute atomic E-state index is 8.81. The lowest BCUT2D eigenvalue weighted by atomic mass is 10.1. The number of nitrogens with zero attached hydrogens (tertiary/aromatic N) is 2. The van der Waals surface area contributed by atoms with Crippen molar-refractivity contribution >= 4 is 16.9 Å². The van der Waals surface area contributed by atoms with E-state index in [1.807, 2.05) is 24.3 Å². The van der Waals surface area contributed by atoms with Crippen molar-refractivity contribution in [2.75, 3.05) is 12.3 Å². The van der Waals surface area contributed by atoms with E-state index in [9.17, 15) is 0 Å². The van der Waals surface area contributed by atoms with E-state index in [0.717, 1.165) is 29.6 Å². The van der Waals surface area contributed by atoms with E-state index in [0.29, 0.717) is 11.5 Å². The Labute approximate surface area is 106 Å². The molecule has 1 heterocycles. The number of hydrogen-bond acceptors (Lipinski definition) is 4. The summed E-state index contributed by atoms with van der Waals surface area (Å²) in [5, 5.41) is 13.1. The van der Waals surface area contributed by atoms with Crippen LogP contribution in [0.2, 0.25) is 0 Å². The molecular weight excluding hydrogens is 230 g/mol. The van der Waals surface area contributed by atoms with Crippen LogP contribution in [-0.4, -0.2) is 17.5 Å². The maximum Gasteiger partial charge on any atom is 0.156 e. The van der Waals surface area contributed by atoms with E-state index in [1.54, 1.807) is 11.8 Å². The molecule has 1 aliphatic rings. The van der Waals surface area contributed by atoms with E-state index in [-0.39, 0.29) is 0 Å². The molecule has 3 nitrogen and oxygen atoms in total. The summed E-state index contributed by atoms with van der Waals surface area (Å²) < 4.78 is 0. The third-order valence-corrected chi connectivity index (χ3v) is 3.83. The summed E-state index contributed by atoms with van der Waals surface area (Å²) in [4.78, 5) is 4.47. The Balaban J connectivity index is 1.92.